The monoisotopic (exact) mass is 412 g/mol. The van der Waals surface area contributed by atoms with E-state index in [0.29, 0.717) is 6.73 Å². The third-order valence-corrected chi connectivity index (χ3v) is 6.02. The zero-order chi connectivity index (χ0) is 20.1. The molecule has 154 valence electrons. The van der Waals surface area contributed by atoms with Gasteiger partial charge in [0.1, 0.15) is 12.0 Å². The van der Waals surface area contributed by atoms with Gasteiger partial charge in [0.25, 0.3) is 0 Å². The lowest BCUT2D eigenvalue weighted by Crippen LogP contribution is -2.28. The molecule has 2 aliphatic heterocycles. The SMILES string of the molecule is CC1CCCN1CCCOc1ccc(N2COC=C2Cc2ccc(Cl)cc2)cc1. The molecule has 0 radical (unpaired) electrons. The molecule has 2 aliphatic rings. The molecule has 0 bridgehead atoms. The van der Waals surface area contributed by atoms with Crippen molar-refractivity contribution in [3.8, 4) is 5.75 Å². The minimum absolute atomic E-state index is 0.539. The first-order valence-corrected chi connectivity index (χ1v) is 10.9. The lowest BCUT2D eigenvalue weighted by Gasteiger charge is -2.21. The first-order chi connectivity index (χ1) is 14.2. The van der Waals surface area contributed by atoms with Crippen molar-refractivity contribution in [2.24, 2.45) is 0 Å². The van der Waals surface area contributed by atoms with Gasteiger partial charge in [0.2, 0.25) is 0 Å². The molecule has 5 heteroatoms. The van der Waals surface area contributed by atoms with Crippen LogP contribution in [0.5, 0.6) is 5.75 Å². The summed E-state index contributed by atoms with van der Waals surface area (Å²) in [6, 6.07) is 17.0. The van der Waals surface area contributed by atoms with Crippen molar-refractivity contribution in [3.05, 3.63) is 71.1 Å². The summed E-state index contributed by atoms with van der Waals surface area (Å²) < 4.78 is 11.5. The van der Waals surface area contributed by atoms with E-state index in [2.05, 4.69) is 41.0 Å². The summed E-state index contributed by atoms with van der Waals surface area (Å²) in [6.07, 6.45) is 6.39. The van der Waals surface area contributed by atoms with Crippen molar-refractivity contribution in [3.63, 3.8) is 0 Å². The molecular weight excluding hydrogens is 384 g/mol. The van der Waals surface area contributed by atoms with E-state index in [1.807, 2.05) is 30.5 Å². The Hall–Kier alpha value is -2.17. The highest BCUT2D eigenvalue weighted by molar-refractivity contribution is 6.30. The van der Waals surface area contributed by atoms with E-state index in [0.717, 1.165) is 54.2 Å². The number of anilines is 1. The smallest absolute Gasteiger partial charge is 0.164 e. The van der Waals surface area contributed by atoms with Crippen molar-refractivity contribution >= 4 is 17.3 Å². The van der Waals surface area contributed by atoms with Crippen LogP contribution in [-0.4, -0.2) is 37.4 Å². The predicted octanol–water partition coefficient (Wildman–Crippen LogP) is 5.47. The van der Waals surface area contributed by atoms with Crippen molar-refractivity contribution in [1.29, 1.82) is 0 Å². The average Bonchev–Trinajstić information content (AvgIpc) is 3.36. The largest absolute Gasteiger partial charge is 0.494 e. The minimum atomic E-state index is 0.539. The molecule has 2 aromatic carbocycles. The number of benzene rings is 2. The number of halogens is 1. The van der Waals surface area contributed by atoms with Crippen LogP contribution < -0.4 is 9.64 Å². The Bertz CT molecular complexity index is 820. The maximum atomic E-state index is 5.99. The van der Waals surface area contributed by atoms with E-state index >= 15 is 0 Å². The van der Waals surface area contributed by atoms with E-state index in [1.165, 1.54) is 24.9 Å². The summed E-state index contributed by atoms with van der Waals surface area (Å²) in [6.45, 7) is 5.99. The maximum absolute atomic E-state index is 5.99. The van der Waals surface area contributed by atoms with Gasteiger partial charge < -0.3 is 19.3 Å². The highest BCUT2D eigenvalue weighted by Crippen LogP contribution is 2.28. The van der Waals surface area contributed by atoms with Gasteiger partial charge in [-0.15, -0.1) is 0 Å². The normalized spacial score (nSPS) is 19.3. The molecule has 0 aliphatic carbocycles. The Balaban J connectivity index is 1.28. The molecule has 2 aromatic rings. The van der Waals surface area contributed by atoms with Crippen molar-refractivity contribution in [2.45, 2.75) is 38.6 Å². The Morgan fingerprint density at radius 3 is 2.62 bits per heavy atom. The molecule has 0 saturated carbocycles. The highest BCUT2D eigenvalue weighted by atomic mass is 35.5. The highest BCUT2D eigenvalue weighted by Gasteiger charge is 2.20. The number of rotatable bonds is 8. The van der Waals surface area contributed by atoms with Crippen LogP contribution in [0.1, 0.15) is 31.7 Å². The Kier molecular flexibility index (Phi) is 6.63. The summed E-state index contributed by atoms with van der Waals surface area (Å²) in [5.74, 6) is 0.923. The Morgan fingerprint density at radius 1 is 1.10 bits per heavy atom. The Labute approximate surface area is 178 Å². The van der Waals surface area contributed by atoms with Crippen LogP contribution in [-0.2, 0) is 11.2 Å². The second kappa shape index (κ2) is 9.55. The molecule has 29 heavy (non-hydrogen) atoms. The summed E-state index contributed by atoms with van der Waals surface area (Å²) in [4.78, 5) is 4.75. The fraction of sp³-hybridized carbons (Fsp3) is 0.417. The van der Waals surface area contributed by atoms with Crippen molar-refractivity contribution in [1.82, 2.24) is 4.90 Å². The van der Waals surface area contributed by atoms with Gasteiger partial charge in [0, 0.05) is 29.7 Å². The van der Waals surface area contributed by atoms with Crippen molar-refractivity contribution < 1.29 is 9.47 Å². The van der Waals surface area contributed by atoms with Gasteiger partial charge in [-0.3, -0.25) is 0 Å². The second-order valence-electron chi connectivity index (χ2n) is 7.86. The lowest BCUT2D eigenvalue weighted by atomic mass is 10.1. The number of allylic oxidation sites excluding steroid dienone is 1. The van der Waals surface area contributed by atoms with Crippen LogP contribution >= 0.6 is 11.6 Å². The fourth-order valence-corrected chi connectivity index (χ4v) is 4.17. The Morgan fingerprint density at radius 2 is 1.90 bits per heavy atom. The van der Waals surface area contributed by atoms with Crippen LogP contribution in [0.25, 0.3) is 0 Å². The molecule has 1 saturated heterocycles. The van der Waals surface area contributed by atoms with E-state index in [4.69, 9.17) is 21.1 Å². The first kappa shape index (κ1) is 20.1. The van der Waals surface area contributed by atoms with Gasteiger partial charge >= 0.3 is 0 Å². The zero-order valence-corrected chi connectivity index (χ0v) is 17.8. The zero-order valence-electron chi connectivity index (χ0n) is 17.0. The topological polar surface area (TPSA) is 24.9 Å². The minimum Gasteiger partial charge on any atom is -0.494 e. The summed E-state index contributed by atoms with van der Waals surface area (Å²) >= 11 is 5.99. The number of nitrogens with zero attached hydrogens (tertiary/aromatic N) is 2. The molecular formula is C24H29ClN2O2. The maximum Gasteiger partial charge on any atom is 0.164 e. The van der Waals surface area contributed by atoms with Gasteiger partial charge in [-0.05, 0) is 74.7 Å². The van der Waals surface area contributed by atoms with E-state index in [1.54, 1.807) is 0 Å². The van der Waals surface area contributed by atoms with Crippen LogP contribution in [0.3, 0.4) is 0 Å². The molecule has 0 spiro atoms. The molecule has 0 N–H and O–H groups in total. The van der Waals surface area contributed by atoms with Gasteiger partial charge in [-0.1, -0.05) is 23.7 Å². The quantitative estimate of drug-likeness (QED) is 0.536. The van der Waals surface area contributed by atoms with Gasteiger partial charge in [-0.2, -0.15) is 0 Å². The number of likely N-dealkylation sites (tertiary alicyclic amines) is 1. The lowest BCUT2D eigenvalue weighted by molar-refractivity contribution is 0.230. The molecule has 4 nitrogen and oxygen atoms in total. The van der Waals surface area contributed by atoms with Gasteiger partial charge in [-0.25, -0.2) is 0 Å². The molecule has 0 aromatic heterocycles. The predicted molar refractivity (Wildman–Crippen MR) is 118 cm³/mol. The summed E-state index contributed by atoms with van der Waals surface area (Å²) in [7, 11) is 0. The standard InChI is InChI=1S/C24H29ClN2O2/c1-19-4-2-13-26(19)14-3-15-29-24-11-9-22(10-12-24)27-18-28-17-23(27)16-20-5-7-21(25)8-6-20/h5-12,17,19H,2-4,13-16,18H2,1H3. The van der Waals surface area contributed by atoms with Crippen LogP contribution in [0, 0.1) is 0 Å². The van der Waals surface area contributed by atoms with Crippen LogP contribution in [0.15, 0.2) is 60.5 Å². The molecule has 1 fully saturated rings. The average molecular weight is 413 g/mol. The number of ether oxygens (including phenoxy) is 2. The third-order valence-electron chi connectivity index (χ3n) is 5.77. The van der Waals surface area contributed by atoms with E-state index in [9.17, 15) is 0 Å². The first-order valence-electron chi connectivity index (χ1n) is 10.5. The number of hydrogen-bond acceptors (Lipinski definition) is 4. The summed E-state index contributed by atoms with van der Waals surface area (Å²) in [5, 5.41) is 0.757. The van der Waals surface area contributed by atoms with Gasteiger partial charge in [0.05, 0.1) is 12.3 Å². The molecule has 1 unspecified atom stereocenters. The van der Waals surface area contributed by atoms with Gasteiger partial charge in [0.15, 0.2) is 6.73 Å². The van der Waals surface area contributed by atoms with Crippen LogP contribution in [0.2, 0.25) is 5.02 Å². The molecule has 4 rings (SSSR count). The second-order valence-corrected chi connectivity index (χ2v) is 8.30. The molecule has 1 atom stereocenters. The molecule has 0 amide bonds. The fourth-order valence-electron chi connectivity index (χ4n) is 4.05. The molecule has 2 heterocycles. The van der Waals surface area contributed by atoms with E-state index in [-0.39, 0.29) is 0 Å². The summed E-state index contributed by atoms with van der Waals surface area (Å²) in [5.41, 5.74) is 3.46. The van der Waals surface area contributed by atoms with Crippen molar-refractivity contribution in [2.75, 3.05) is 31.3 Å². The third kappa shape index (κ3) is 5.26. The van der Waals surface area contributed by atoms with E-state index < -0.39 is 0 Å². The number of hydrogen-bond donors (Lipinski definition) is 0. The van der Waals surface area contributed by atoms with Crippen LogP contribution in [0.4, 0.5) is 5.69 Å².